The summed E-state index contributed by atoms with van der Waals surface area (Å²) >= 11 is 0. The number of ether oxygens (including phenoxy) is 2. The third-order valence-electron chi connectivity index (χ3n) is 4.35. The van der Waals surface area contributed by atoms with E-state index in [2.05, 4.69) is 16.7 Å². The third kappa shape index (κ3) is 6.28. The van der Waals surface area contributed by atoms with E-state index in [-0.39, 0.29) is 12.5 Å². The predicted molar refractivity (Wildman–Crippen MR) is 117 cm³/mol. The summed E-state index contributed by atoms with van der Waals surface area (Å²) in [6, 6.07) is 23.1. The number of nitrogens with one attached hydrogen (secondary N) is 2. The summed E-state index contributed by atoms with van der Waals surface area (Å²) in [4.78, 5) is 12.4. The van der Waals surface area contributed by atoms with Gasteiger partial charge in [-0.15, -0.1) is 0 Å². The minimum absolute atomic E-state index is 0.137. The van der Waals surface area contributed by atoms with E-state index in [1.807, 2.05) is 80.6 Å². The van der Waals surface area contributed by atoms with Crippen LogP contribution in [-0.2, 0) is 4.79 Å². The fourth-order valence-electron chi connectivity index (χ4n) is 2.82. The maximum atomic E-state index is 12.4. The molecule has 0 bridgehead atoms. The summed E-state index contributed by atoms with van der Waals surface area (Å²) in [6.45, 7) is 5.01. The first-order chi connectivity index (χ1) is 14.1. The minimum Gasteiger partial charge on any atom is -0.490 e. The van der Waals surface area contributed by atoms with Gasteiger partial charge in [-0.2, -0.15) is 0 Å². The molecular formula is C24H26N2O3. The lowest BCUT2D eigenvalue weighted by molar-refractivity contribution is -0.114. The van der Waals surface area contributed by atoms with Gasteiger partial charge >= 0.3 is 0 Å². The van der Waals surface area contributed by atoms with Crippen LogP contribution >= 0.6 is 0 Å². The fraction of sp³-hybridized carbons (Fsp3) is 0.208. The largest absolute Gasteiger partial charge is 0.490 e. The van der Waals surface area contributed by atoms with Gasteiger partial charge in [0.15, 0.2) is 0 Å². The number of benzene rings is 3. The average molecular weight is 390 g/mol. The molecule has 5 nitrogen and oxygen atoms in total. The van der Waals surface area contributed by atoms with Gasteiger partial charge in [-0.05, 0) is 55.3 Å². The van der Waals surface area contributed by atoms with Crippen molar-refractivity contribution in [1.82, 2.24) is 0 Å². The lowest BCUT2D eigenvalue weighted by Crippen LogP contribution is -2.22. The highest BCUT2D eigenvalue weighted by Crippen LogP contribution is 2.24. The molecule has 0 unspecified atom stereocenters. The number of carbonyl (C=O) groups excluding carboxylic acids is 1. The molecule has 0 atom stereocenters. The molecule has 0 fully saturated rings. The van der Waals surface area contributed by atoms with Crippen molar-refractivity contribution in [1.29, 1.82) is 0 Å². The molecule has 3 rings (SSSR count). The Balaban J connectivity index is 1.50. The molecule has 3 aromatic rings. The number of para-hydroxylation sites is 3. The van der Waals surface area contributed by atoms with E-state index in [0.29, 0.717) is 24.7 Å². The second-order valence-electron chi connectivity index (χ2n) is 6.73. The Kier molecular flexibility index (Phi) is 7.11. The maximum absolute atomic E-state index is 12.4. The summed E-state index contributed by atoms with van der Waals surface area (Å²) in [5.41, 5.74) is 3.85. The molecule has 0 aliphatic carbocycles. The summed E-state index contributed by atoms with van der Waals surface area (Å²) in [7, 11) is 0. The van der Waals surface area contributed by atoms with Crippen LogP contribution in [0, 0.1) is 13.8 Å². The van der Waals surface area contributed by atoms with Gasteiger partial charge in [0.2, 0.25) is 5.91 Å². The summed E-state index contributed by atoms with van der Waals surface area (Å²) in [5, 5.41) is 6.10. The monoisotopic (exact) mass is 390 g/mol. The summed E-state index contributed by atoms with van der Waals surface area (Å²) < 4.78 is 11.4. The van der Waals surface area contributed by atoms with Crippen molar-refractivity contribution < 1.29 is 14.3 Å². The molecule has 0 spiro atoms. The highest BCUT2D eigenvalue weighted by Gasteiger charge is 2.08. The Morgan fingerprint density at radius 1 is 0.828 bits per heavy atom. The Hall–Kier alpha value is -3.47. The van der Waals surface area contributed by atoms with E-state index in [9.17, 15) is 4.79 Å². The SMILES string of the molecule is Cc1ccc(C)c(NCC(=O)Nc2ccccc2OCCOc2ccccc2)c1. The molecule has 29 heavy (non-hydrogen) atoms. The first-order valence-electron chi connectivity index (χ1n) is 9.62. The first kappa shape index (κ1) is 20.3. The van der Waals surface area contributed by atoms with Gasteiger partial charge in [-0.3, -0.25) is 4.79 Å². The molecule has 0 saturated carbocycles. The van der Waals surface area contributed by atoms with Gasteiger partial charge in [-0.25, -0.2) is 0 Å². The first-order valence-corrected chi connectivity index (χ1v) is 9.62. The molecule has 3 aromatic carbocycles. The average Bonchev–Trinajstić information content (AvgIpc) is 2.74. The van der Waals surface area contributed by atoms with Crippen LogP contribution < -0.4 is 20.1 Å². The maximum Gasteiger partial charge on any atom is 0.243 e. The fourth-order valence-corrected chi connectivity index (χ4v) is 2.82. The van der Waals surface area contributed by atoms with Crippen LogP contribution in [0.4, 0.5) is 11.4 Å². The molecule has 1 amide bonds. The van der Waals surface area contributed by atoms with Crippen molar-refractivity contribution >= 4 is 17.3 Å². The molecule has 0 aromatic heterocycles. The number of anilines is 2. The van der Waals surface area contributed by atoms with Crippen molar-refractivity contribution in [3.8, 4) is 11.5 Å². The van der Waals surface area contributed by atoms with Gasteiger partial charge in [0, 0.05) is 5.69 Å². The van der Waals surface area contributed by atoms with Crippen LogP contribution in [0.15, 0.2) is 72.8 Å². The number of hydrogen-bond acceptors (Lipinski definition) is 4. The van der Waals surface area contributed by atoms with E-state index in [1.54, 1.807) is 0 Å². The van der Waals surface area contributed by atoms with Crippen molar-refractivity contribution in [2.75, 3.05) is 30.4 Å². The van der Waals surface area contributed by atoms with Gasteiger partial charge in [-0.1, -0.05) is 42.5 Å². The lowest BCUT2D eigenvalue weighted by atomic mass is 10.1. The molecule has 150 valence electrons. The molecular weight excluding hydrogens is 364 g/mol. The van der Waals surface area contributed by atoms with Crippen LogP contribution in [0.25, 0.3) is 0 Å². The van der Waals surface area contributed by atoms with Crippen LogP contribution in [-0.4, -0.2) is 25.7 Å². The lowest BCUT2D eigenvalue weighted by Gasteiger charge is -2.14. The quantitative estimate of drug-likeness (QED) is 0.515. The Bertz CT molecular complexity index is 942. The van der Waals surface area contributed by atoms with Gasteiger partial charge in [0.1, 0.15) is 24.7 Å². The highest BCUT2D eigenvalue weighted by atomic mass is 16.5. The van der Waals surface area contributed by atoms with E-state index < -0.39 is 0 Å². The van der Waals surface area contributed by atoms with E-state index >= 15 is 0 Å². The number of rotatable bonds is 9. The topological polar surface area (TPSA) is 59.6 Å². The zero-order chi connectivity index (χ0) is 20.5. The standard InChI is InChI=1S/C24H26N2O3/c1-18-12-13-19(2)22(16-18)25-17-24(27)26-21-10-6-7-11-23(21)29-15-14-28-20-8-4-3-5-9-20/h3-13,16,25H,14-15,17H2,1-2H3,(H,26,27). The van der Waals surface area contributed by atoms with Crippen LogP contribution in [0.5, 0.6) is 11.5 Å². The molecule has 0 saturated heterocycles. The van der Waals surface area contributed by atoms with Gasteiger partial charge < -0.3 is 20.1 Å². The molecule has 0 heterocycles. The Morgan fingerprint density at radius 2 is 1.55 bits per heavy atom. The second kappa shape index (κ2) is 10.2. The van der Waals surface area contributed by atoms with Gasteiger partial charge in [0.05, 0.1) is 12.2 Å². The van der Waals surface area contributed by atoms with Crippen LogP contribution in [0.3, 0.4) is 0 Å². The smallest absolute Gasteiger partial charge is 0.243 e. The molecule has 0 radical (unpaired) electrons. The summed E-state index contributed by atoms with van der Waals surface area (Å²) in [6.07, 6.45) is 0. The molecule has 0 aliphatic rings. The third-order valence-corrected chi connectivity index (χ3v) is 4.35. The minimum atomic E-state index is -0.137. The van der Waals surface area contributed by atoms with Crippen LogP contribution in [0.2, 0.25) is 0 Å². The number of amides is 1. The predicted octanol–water partition coefficient (Wildman–Crippen LogP) is 4.81. The Labute approximate surface area is 171 Å². The van der Waals surface area contributed by atoms with E-state index in [1.165, 1.54) is 0 Å². The van der Waals surface area contributed by atoms with E-state index in [0.717, 1.165) is 22.6 Å². The Morgan fingerprint density at radius 3 is 2.38 bits per heavy atom. The van der Waals surface area contributed by atoms with E-state index in [4.69, 9.17) is 9.47 Å². The van der Waals surface area contributed by atoms with Crippen molar-refractivity contribution in [2.45, 2.75) is 13.8 Å². The second-order valence-corrected chi connectivity index (χ2v) is 6.73. The highest BCUT2D eigenvalue weighted by molar-refractivity contribution is 5.95. The normalized spacial score (nSPS) is 10.3. The number of carbonyl (C=O) groups is 1. The molecule has 5 heteroatoms. The summed E-state index contributed by atoms with van der Waals surface area (Å²) in [5.74, 6) is 1.28. The molecule has 2 N–H and O–H groups in total. The van der Waals surface area contributed by atoms with Crippen LogP contribution in [0.1, 0.15) is 11.1 Å². The zero-order valence-electron chi connectivity index (χ0n) is 16.8. The van der Waals surface area contributed by atoms with Crippen molar-refractivity contribution in [3.05, 3.63) is 83.9 Å². The van der Waals surface area contributed by atoms with Crippen molar-refractivity contribution in [3.63, 3.8) is 0 Å². The number of hydrogen-bond donors (Lipinski definition) is 2. The van der Waals surface area contributed by atoms with Crippen molar-refractivity contribution in [2.24, 2.45) is 0 Å². The zero-order valence-corrected chi connectivity index (χ0v) is 16.8. The van der Waals surface area contributed by atoms with Gasteiger partial charge in [0.25, 0.3) is 0 Å². The molecule has 0 aliphatic heterocycles. The number of aryl methyl sites for hydroxylation is 2.